The van der Waals surface area contributed by atoms with Crippen LogP contribution >= 0.6 is 11.6 Å². The van der Waals surface area contributed by atoms with Crippen molar-refractivity contribution in [2.75, 3.05) is 6.61 Å². The molecule has 0 aromatic heterocycles. The second-order valence-electron chi connectivity index (χ2n) is 6.90. The Labute approximate surface area is 179 Å². The van der Waals surface area contributed by atoms with Crippen molar-refractivity contribution in [2.45, 2.75) is 12.5 Å². The van der Waals surface area contributed by atoms with Crippen LogP contribution in [0.15, 0.2) is 84.0 Å². The molecule has 4 rings (SSSR count). The molecule has 0 radical (unpaired) electrons. The Bertz CT molecular complexity index is 1080. The highest BCUT2D eigenvalue weighted by atomic mass is 35.5. The van der Waals surface area contributed by atoms with Gasteiger partial charge in [-0.1, -0.05) is 66.2 Å². The molecule has 1 heterocycles. The maximum absolute atomic E-state index is 13.0. The molecule has 0 spiro atoms. The molecule has 1 amide bonds. The van der Waals surface area contributed by atoms with Gasteiger partial charge < -0.3 is 4.74 Å². The lowest BCUT2D eigenvalue weighted by atomic mass is 9.98. The van der Waals surface area contributed by atoms with Crippen LogP contribution in [0.5, 0.6) is 5.75 Å². The number of ether oxygens (including phenoxy) is 1. The standard InChI is InChI=1S/C24H19ClN2O3/c25-20-11-9-19(10-12-20)23-14-22(18-6-2-1-3-7-18)26-27(23)24(29)16-30-21-8-4-5-17(13-21)15-28/h1-13,15,23H,14,16H2. The summed E-state index contributed by atoms with van der Waals surface area (Å²) in [6.45, 7) is -0.183. The van der Waals surface area contributed by atoms with Crippen LogP contribution in [0.4, 0.5) is 0 Å². The average molecular weight is 419 g/mol. The van der Waals surface area contributed by atoms with Gasteiger partial charge in [0.15, 0.2) is 6.61 Å². The minimum absolute atomic E-state index is 0.183. The fourth-order valence-electron chi connectivity index (χ4n) is 3.38. The summed E-state index contributed by atoms with van der Waals surface area (Å²) in [5.41, 5.74) is 3.26. The van der Waals surface area contributed by atoms with Crippen LogP contribution in [0.3, 0.4) is 0 Å². The molecule has 0 aliphatic carbocycles. The van der Waals surface area contributed by atoms with Crippen molar-refractivity contribution in [2.24, 2.45) is 5.10 Å². The van der Waals surface area contributed by atoms with E-state index < -0.39 is 0 Å². The summed E-state index contributed by atoms with van der Waals surface area (Å²) in [4.78, 5) is 23.9. The third kappa shape index (κ3) is 4.42. The van der Waals surface area contributed by atoms with E-state index in [1.165, 1.54) is 5.01 Å². The molecular weight excluding hydrogens is 400 g/mol. The quantitative estimate of drug-likeness (QED) is 0.534. The van der Waals surface area contributed by atoms with Crippen LogP contribution in [0.25, 0.3) is 0 Å². The zero-order valence-electron chi connectivity index (χ0n) is 16.1. The first-order chi connectivity index (χ1) is 14.6. The Balaban J connectivity index is 1.57. The summed E-state index contributed by atoms with van der Waals surface area (Å²) in [6.07, 6.45) is 1.33. The van der Waals surface area contributed by atoms with Crippen molar-refractivity contribution >= 4 is 29.5 Å². The molecule has 0 saturated carbocycles. The van der Waals surface area contributed by atoms with Crippen LogP contribution < -0.4 is 4.74 Å². The van der Waals surface area contributed by atoms with Gasteiger partial charge in [0, 0.05) is 17.0 Å². The fraction of sp³-hybridized carbons (Fsp3) is 0.125. The number of aldehydes is 1. The Morgan fingerprint density at radius 1 is 1.07 bits per heavy atom. The number of carbonyl (C=O) groups excluding carboxylic acids is 2. The third-order valence-electron chi connectivity index (χ3n) is 4.88. The van der Waals surface area contributed by atoms with Crippen LogP contribution in [-0.4, -0.2) is 29.5 Å². The van der Waals surface area contributed by atoms with E-state index >= 15 is 0 Å². The van der Waals surface area contributed by atoms with Crippen molar-refractivity contribution in [1.29, 1.82) is 0 Å². The first kappa shape index (κ1) is 19.9. The van der Waals surface area contributed by atoms with E-state index in [2.05, 4.69) is 5.10 Å². The van der Waals surface area contributed by atoms with E-state index in [9.17, 15) is 9.59 Å². The van der Waals surface area contributed by atoms with Crippen molar-refractivity contribution in [3.63, 3.8) is 0 Å². The van der Waals surface area contributed by atoms with E-state index in [0.29, 0.717) is 22.8 Å². The second kappa shape index (κ2) is 8.93. The molecule has 1 unspecified atom stereocenters. The lowest BCUT2D eigenvalue weighted by Gasteiger charge is -2.22. The maximum atomic E-state index is 13.0. The second-order valence-corrected chi connectivity index (χ2v) is 7.34. The van der Waals surface area contributed by atoms with Gasteiger partial charge in [0.1, 0.15) is 12.0 Å². The smallest absolute Gasteiger partial charge is 0.281 e. The summed E-state index contributed by atoms with van der Waals surface area (Å²) >= 11 is 6.03. The molecule has 30 heavy (non-hydrogen) atoms. The molecule has 0 N–H and O–H groups in total. The number of carbonyl (C=O) groups is 2. The van der Waals surface area contributed by atoms with E-state index in [1.54, 1.807) is 24.3 Å². The highest BCUT2D eigenvalue weighted by Crippen LogP contribution is 2.33. The first-order valence-electron chi connectivity index (χ1n) is 9.52. The summed E-state index contributed by atoms with van der Waals surface area (Å²) in [5, 5.41) is 6.73. The summed E-state index contributed by atoms with van der Waals surface area (Å²) in [5.74, 6) is 0.194. The maximum Gasteiger partial charge on any atom is 0.281 e. The monoisotopic (exact) mass is 418 g/mol. The molecule has 3 aromatic rings. The van der Waals surface area contributed by atoms with Gasteiger partial charge in [-0.15, -0.1) is 0 Å². The number of hydrazone groups is 1. The molecule has 150 valence electrons. The van der Waals surface area contributed by atoms with E-state index in [0.717, 1.165) is 23.1 Å². The molecule has 1 aliphatic rings. The molecule has 0 saturated heterocycles. The van der Waals surface area contributed by atoms with Gasteiger partial charge in [0.05, 0.1) is 11.8 Å². The van der Waals surface area contributed by atoms with Gasteiger partial charge in [-0.25, -0.2) is 5.01 Å². The zero-order valence-corrected chi connectivity index (χ0v) is 16.8. The lowest BCUT2D eigenvalue weighted by molar-refractivity contribution is -0.135. The largest absolute Gasteiger partial charge is 0.484 e. The number of rotatable bonds is 6. The van der Waals surface area contributed by atoms with Crippen molar-refractivity contribution in [3.05, 3.63) is 101 Å². The molecule has 0 fully saturated rings. The highest BCUT2D eigenvalue weighted by molar-refractivity contribution is 6.30. The normalized spacial score (nSPS) is 15.6. The van der Waals surface area contributed by atoms with Crippen LogP contribution in [0.2, 0.25) is 5.02 Å². The Kier molecular flexibility index (Phi) is 5.91. The molecule has 3 aromatic carbocycles. The molecule has 1 atom stereocenters. The predicted octanol–water partition coefficient (Wildman–Crippen LogP) is 4.91. The summed E-state index contributed by atoms with van der Waals surface area (Å²) < 4.78 is 5.63. The summed E-state index contributed by atoms with van der Waals surface area (Å²) in [6, 6.07) is 23.7. The van der Waals surface area contributed by atoms with Crippen molar-refractivity contribution in [1.82, 2.24) is 5.01 Å². The molecule has 0 bridgehead atoms. The topological polar surface area (TPSA) is 59.0 Å². The first-order valence-corrected chi connectivity index (χ1v) is 9.90. The van der Waals surface area contributed by atoms with Crippen LogP contribution in [0.1, 0.15) is 33.9 Å². The minimum atomic E-state index is -0.266. The third-order valence-corrected chi connectivity index (χ3v) is 5.14. The van der Waals surface area contributed by atoms with Gasteiger partial charge in [0.25, 0.3) is 5.91 Å². The van der Waals surface area contributed by atoms with Gasteiger partial charge >= 0.3 is 0 Å². The lowest BCUT2D eigenvalue weighted by Crippen LogP contribution is -2.31. The Morgan fingerprint density at radius 3 is 2.57 bits per heavy atom. The number of halogens is 1. The average Bonchev–Trinajstić information content (AvgIpc) is 3.24. The minimum Gasteiger partial charge on any atom is -0.484 e. The molecular formula is C24H19ClN2O3. The van der Waals surface area contributed by atoms with Gasteiger partial charge in [-0.3, -0.25) is 9.59 Å². The molecule has 6 heteroatoms. The number of nitrogens with zero attached hydrogens (tertiary/aromatic N) is 2. The van der Waals surface area contributed by atoms with Crippen molar-refractivity contribution < 1.29 is 14.3 Å². The van der Waals surface area contributed by atoms with E-state index in [1.807, 2.05) is 54.6 Å². The van der Waals surface area contributed by atoms with Gasteiger partial charge in [-0.05, 0) is 35.4 Å². The van der Waals surface area contributed by atoms with E-state index in [-0.39, 0.29) is 18.6 Å². The number of amides is 1. The van der Waals surface area contributed by atoms with E-state index in [4.69, 9.17) is 16.3 Å². The van der Waals surface area contributed by atoms with Gasteiger partial charge in [0.2, 0.25) is 0 Å². The zero-order chi connectivity index (χ0) is 20.9. The highest BCUT2D eigenvalue weighted by Gasteiger charge is 2.33. The molecule has 5 nitrogen and oxygen atoms in total. The van der Waals surface area contributed by atoms with Crippen LogP contribution in [0, 0.1) is 0 Å². The summed E-state index contributed by atoms with van der Waals surface area (Å²) in [7, 11) is 0. The SMILES string of the molecule is O=Cc1cccc(OCC(=O)N2N=C(c3ccccc3)CC2c2ccc(Cl)cc2)c1. The van der Waals surface area contributed by atoms with Gasteiger partial charge in [-0.2, -0.15) is 5.10 Å². The predicted molar refractivity (Wildman–Crippen MR) is 116 cm³/mol. The van der Waals surface area contributed by atoms with Crippen molar-refractivity contribution in [3.8, 4) is 5.75 Å². The number of benzene rings is 3. The number of hydrogen-bond acceptors (Lipinski definition) is 4. The number of hydrogen-bond donors (Lipinski definition) is 0. The molecule has 1 aliphatic heterocycles. The Morgan fingerprint density at radius 2 is 1.83 bits per heavy atom. The fourth-order valence-corrected chi connectivity index (χ4v) is 3.50. The van der Waals surface area contributed by atoms with Crippen LogP contribution in [-0.2, 0) is 4.79 Å². The Hall–Kier alpha value is -3.44.